The molecule has 0 saturated carbocycles. The average molecular weight is 401 g/mol. The minimum absolute atomic E-state index is 0.0120. The topological polar surface area (TPSA) is 127 Å². The van der Waals surface area contributed by atoms with Crippen molar-refractivity contribution in [3.8, 4) is 0 Å². The van der Waals surface area contributed by atoms with Gasteiger partial charge in [-0.05, 0) is 44.9 Å². The number of piperidine rings is 1. The highest BCUT2D eigenvalue weighted by Gasteiger charge is 2.40. The van der Waals surface area contributed by atoms with Crippen LogP contribution in [0.5, 0.6) is 0 Å². The largest absolute Gasteiger partial charge is 0.441 e. The Morgan fingerprint density at radius 1 is 1.31 bits per heavy atom. The Balaban J connectivity index is 2.22. The quantitative estimate of drug-likeness (QED) is 0.249. The summed E-state index contributed by atoms with van der Waals surface area (Å²) < 4.78 is 4.94. The summed E-state index contributed by atoms with van der Waals surface area (Å²) in [4.78, 5) is 62.6. The first-order valence-corrected chi connectivity index (χ1v) is 8.96. The number of imide groups is 2. The second kappa shape index (κ2) is 9.13. The van der Waals surface area contributed by atoms with Gasteiger partial charge in [0.1, 0.15) is 6.04 Å². The van der Waals surface area contributed by atoms with E-state index in [0.29, 0.717) is 16.8 Å². The summed E-state index contributed by atoms with van der Waals surface area (Å²) in [5.41, 5.74) is 7.55. The number of carbonyl (C=O) groups is 5. The van der Waals surface area contributed by atoms with Crippen LogP contribution >= 0.6 is 0 Å². The van der Waals surface area contributed by atoms with Crippen molar-refractivity contribution in [3.05, 3.63) is 41.0 Å². The fraction of sp³-hybridized carbons (Fsp3) is 0.350. The zero-order valence-corrected chi connectivity index (χ0v) is 16.5. The summed E-state index contributed by atoms with van der Waals surface area (Å²) in [6, 6.07) is 3.51. The van der Waals surface area contributed by atoms with Crippen LogP contribution in [0.2, 0.25) is 0 Å². The predicted octanol–water partition coefficient (Wildman–Crippen LogP) is 1.16. The molecule has 1 aromatic rings. The molecule has 0 spiro atoms. The number of nitrogens with zero attached hydrogens (tertiary/aromatic N) is 2. The van der Waals surface area contributed by atoms with E-state index < -0.39 is 36.5 Å². The molecule has 29 heavy (non-hydrogen) atoms. The SMILES string of the molecule is CC(C)=CC(=O)OCN1C(=O)CCC(N(C=O)C(=O)c2cccc(N)c2C)C1=O. The second-order valence-corrected chi connectivity index (χ2v) is 6.87. The first-order chi connectivity index (χ1) is 13.7. The number of likely N-dealkylation sites (tertiary alicyclic amines) is 1. The summed E-state index contributed by atoms with van der Waals surface area (Å²) in [5, 5.41) is 0. The van der Waals surface area contributed by atoms with Crippen molar-refractivity contribution in [1.82, 2.24) is 9.80 Å². The Morgan fingerprint density at radius 2 is 2.00 bits per heavy atom. The number of benzene rings is 1. The highest BCUT2D eigenvalue weighted by Crippen LogP contribution is 2.22. The minimum Gasteiger partial charge on any atom is -0.441 e. The summed E-state index contributed by atoms with van der Waals surface area (Å²) in [5.74, 6) is -2.73. The van der Waals surface area contributed by atoms with Crippen LogP contribution in [0.4, 0.5) is 5.69 Å². The highest BCUT2D eigenvalue weighted by molar-refractivity contribution is 6.08. The lowest BCUT2D eigenvalue weighted by atomic mass is 10.0. The van der Waals surface area contributed by atoms with Crippen molar-refractivity contribution < 1.29 is 28.7 Å². The van der Waals surface area contributed by atoms with E-state index in [2.05, 4.69) is 0 Å². The van der Waals surface area contributed by atoms with Crippen LogP contribution in [-0.4, -0.2) is 52.7 Å². The van der Waals surface area contributed by atoms with Crippen molar-refractivity contribution in [2.75, 3.05) is 12.5 Å². The van der Waals surface area contributed by atoms with Crippen LogP contribution in [0.3, 0.4) is 0 Å². The van der Waals surface area contributed by atoms with Crippen molar-refractivity contribution in [2.45, 2.75) is 39.7 Å². The standard InChI is InChI=1S/C20H23N3O6/c1-12(2)9-18(26)29-11-23-17(25)8-7-16(20(23)28)22(10-24)19(27)14-5-4-6-15(21)13(14)3/h4-6,9-10,16H,7-8,11,21H2,1-3H3. The Morgan fingerprint density at radius 3 is 2.62 bits per heavy atom. The van der Waals surface area contributed by atoms with E-state index in [4.69, 9.17) is 10.5 Å². The van der Waals surface area contributed by atoms with Gasteiger partial charge in [-0.1, -0.05) is 11.6 Å². The predicted molar refractivity (Wildman–Crippen MR) is 103 cm³/mol. The molecule has 9 heteroatoms. The molecule has 1 aliphatic rings. The van der Waals surface area contributed by atoms with Crippen molar-refractivity contribution >= 4 is 35.8 Å². The maximum Gasteiger partial charge on any atom is 0.332 e. The fourth-order valence-electron chi connectivity index (χ4n) is 2.91. The van der Waals surface area contributed by atoms with Crippen molar-refractivity contribution in [1.29, 1.82) is 0 Å². The van der Waals surface area contributed by atoms with E-state index >= 15 is 0 Å². The average Bonchev–Trinajstić information content (AvgIpc) is 2.65. The fourth-order valence-corrected chi connectivity index (χ4v) is 2.91. The number of nitrogens with two attached hydrogens (primary N) is 1. The van der Waals surface area contributed by atoms with Crippen LogP contribution in [0, 0.1) is 6.92 Å². The smallest absolute Gasteiger partial charge is 0.332 e. The Labute approximate surface area is 168 Å². The molecule has 1 heterocycles. The second-order valence-electron chi connectivity index (χ2n) is 6.87. The number of hydrogen-bond acceptors (Lipinski definition) is 7. The zero-order valence-electron chi connectivity index (χ0n) is 16.5. The number of ether oxygens (including phenoxy) is 1. The first-order valence-electron chi connectivity index (χ1n) is 8.96. The molecule has 0 radical (unpaired) electrons. The third-order valence-corrected chi connectivity index (χ3v) is 4.52. The number of allylic oxidation sites excluding steroid dienone is 1. The molecule has 2 rings (SSSR count). The van der Waals surface area contributed by atoms with Gasteiger partial charge >= 0.3 is 5.97 Å². The third-order valence-electron chi connectivity index (χ3n) is 4.52. The van der Waals surface area contributed by atoms with Gasteiger partial charge in [0.05, 0.1) is 0 Å². The molecule has 1 saturated heterocycles. The van der Waals surface area contributed by atoms with Gasteiger partial charge in [-0.25, -0.2) is 9.69 Å². The molecule has 0 aliphatic carbocycles. The zero-order chi connectivity index (χ0) is 21.7. The minimum atomic E-state index is -1.18. The van der Waals surface area contributed by atoms with Gasteiger partial charge in [0.15, 0.2) is 6.73 Å². The Bertz CT molecular complexity index is 888. The van der Waals surface area contributed by atoms with Gasteiger partial charge in [0.25, 0.3) is 11.8 Å². The maximum absolute atomic E-state index is 12.9. The number of anilines is 1. The van der Waals surface area contributed by atoms with Crippen LogP contribution in [0.15, 0.2) is 29.8 Å². The molecule has 0 bridgehead atoms. The number of carbonyl (C=O) groups excluding carboxylic acids is 5. The number of amides is 4. The molecular weight excluding hydrogens is 378 g/mol. The van der Waals surface area contributed by atoms with Gasteiger partial charge in [-0.15, -0.1) is 0 Å². The van der Waals surface area contributed by atoms with E-state index in [0.717, 1.165) is 9.80 Å². The summed E-state index contributed by atoms with van der Waals surface area (Å²) >= 11 is 0. The van der Waals surface area contributed by atoms with Crippen LogP contribution in [0.1, 0.15) is 42.6 Å². The maximum atomic E-state index is 12.9. The van der Waals surface area contributed by atoms with Gasteiger partial charge < -0.3 is 10.5 Å². The molecule has 1 aromatic carbocycles. The highest BCUT2D eigenvalue weighted by atomic mass is 16.5. The molecule has 2 N–H and O–H groups in total. The molecule has 1 aliphatic heterocycles. The van der Waals surface area contributed by atoms with Crippen LogP contribution < -0.4 is 5.73 Å². The van der Waals surface area contributed by atoms with Gasteiger partial charge in [-0.3, -0.25) is 24.1 Å². The Kier molecular flexibility index (Phi) is 6.87. The normalized spacial score (nSPS) is 16.2. The molecule has 0 aromatic heterocycles. The third kappa shape index (κ3) is 4.87. The van der Waals surface area contributed by atoms with E-state index in [1.165, 1.54) is 12.1 Å². The van der Waals surface area contributed by atoms with Crippen LogP contribution in [0.25, 0.3) is 0 Å². The summed E-state index contributed by atoms with van der Waals surface area (Å²) in [6.07, 6.45) is 1.39. The lowest BCUT2D eigenvalue weighted by molar-refractivity contribution is -0.163. The molecular formula is C20H23N3O6. The molecule has 4 amide bonds. The Hall–Kier alpha value is -3.49. The molecule has 1 unspecified atom stereocenters. The van der Waals surface area contributed by atoms with Gasteiger partial charge in [-0.2, -0.15) is 0 Å². The van der Waals surface area contributed by atoms with E-state index in [1.807, 2.05) is 0 Å². The molecule has 1 fully saturated rings. The summed E-state index contributed by atoms with van der Waals surface area (Å²) in [7, 11) is 0. The number of esters is 1. The lowest BCUT2D eigenvalue weighted by Crippen LogP contribution is -2.56. The van der Waals surface area contributed by atoms with E-state index in [1.54, 1.807) is 32.9 Å². The summed E-state index contributed by atoms with van der Waals surface area (Å²) in [6.45, 7) is 4.43. The molecule has 154 valence electrons. The number of nitrogen functional groups attached to an aromatic ring is 1. The number of hydrogen-bond donors (Lipinski definition) is 1. The molecule has 9 nitrogen and oxygen atoms in total. The first kappa shape index (κ1) is 21.8. The van der Waals surface area contributed by atoms with Crippen LogP contribution in [-0.2, 0) is 23.9 Å². The van der Waals surface area contributed by atoms with Gasteiger partial charge in [0.2, 0.25) is 12.3 Å². The number of rotatable bonds is 6. The monoisotopic (exact) mass is 401 g/mol. The molecule has 1 atom stereocenters. The van der Waals surface area contributed by atoms with E-state index in [-0.39, 0.29) is 24.8 Å². The lowest BCUT2D eigenvalue weighted by Gasteiger charge is -2.34. The van der Waals surface area contributed by atoms with E-state index in [9.17, 15) is 24.0 Å². The van der Waals surface area contributed by atoms with Gasteiger partial charge in [0, 0.05) is 23.7 Å². The van der Waals surface area contributed by atoms with Crippen molar-refractivity contribution in [3.63, 3.8) is 0 Å². The van der Waals surface area contributed by atoms with Crippen molar-refractivity contribution in [2.24, 2.45) is 0 Å².